The Labute approximate surface area is 174 Å². The van der Waals surface area contributed by atoms with Crippen molar-refractivity contribution in [1.82, 2.24) is 0 Å². The van der Waals surface area contributed by atoms with E-state index >= 15 is 0 Å². The molecule has 0 radical (unpaired) electrons. The van der Waals surface area contributed by atoms with E-state index in [1.807, 2.05) is 43.3 Å². The maximum atomic E-state index is 13.2. The molecule has 146 valence electrons. The van der Waals surface area contributed by atoms with Crippen LogP contribution in [0.4, 0.5) is 5.69 Å². The van der Waals surface area contributed by atoms with E-state index in [0.717, 1.165) is 22.9 Å². The van der Waals surface area contributed by atoms with Crippen LogP contribution in [0.2, 0.25) is 0 Å². The number of anilines is 1. The molecule has 4 rings (SSSR count). The van der Waals surface area contributed by atoms with Crippen molar-refractivity contribution >= 4 is 38.5 Å². The highest BCUT2D eigenvalue weighted by molar-refractivity contribution is 8.16. The monoisotopic (exact) mass is 422 g/mol. The maximum Gasteiger partial charge on any atom is 0.284 e. The van der Waals surface area contributed by atoms with Gasteiger partial charge in [-0.2, -0.15) is 8.42 Å². The number of hydrogen-bond donors (Lipinski definition) is 0. The third-order valence-corrected chi connectivity index (χ3v) is 7.08. The molecule has 1 saturated heterocycles. The minimum atomic E-state index is -3.96. The van der Waals surface area contributed by atoms with Crippen LogP contribution < -0.4 is 4.90 Å². The van der Waals surface area contributed by atoms with Gasteiger partial charge in [0.25, 0.3) is 15.9 Å². The number of aryl methyl sites for hydroxylation is 1. The lowest BCUT2D eigenvalue weighted by molar-refractivity contribution is -0.117. The summed E-state index contributed by atoms with van der Waals surface area (Å²) < 4.78 is 29.8. The molecule has 1 fully saturated rings. The van der Waals surface area contributed by atoms with Gasteiger partial charge < -0.3 is 0 Å². The first-order valence-corrected chi connectivity index (χ1v) is 11.3. The Morgan fingerprint density at radius 3 is 2.07 bits per heavy atom. The number of amidine groups is 1. The predicted octanol–water partition coefficient (Wildman–Crippen LogP) is 4.56. The zero-order chi connectivity index (χ0) is 20.4. The van der Waals surface area contributed by atoms with E-state index in [2.05, 4.69) is 4.40 Å². The maximum absolute atomic E-state index is 13.2. The number of para-hydroxylation sites is 1. The highest BCUT2D eigenvalue weighted by Gasteiger charge is 2.41. The molecule has 1 aliphatic heterocycles. The van der Waals surface area contributed by atoms with Crippen LogP contribution in [0, 0.1) is 6.92 Å². The second kappa shape index (κ2) is 7.85. The van der Waals surface area contributed by atoms with Crippen molar-refractivity contribution in [2.45, 2.75) is 17.1 Å². The van der Waals surface area contributed by atoms with Crippen LogP contribution in [0.25, 0.3) is 0 Å². The number of carbonyl (C=O) groups excluding carboxylic acids is 1. The molecule has 3 aromatic rings. The van der Waals surface area contributed by atoms with Crippen molar-refractivity contribution in [1.29, 1.82) is 0 Å². The molecular weight excluding hydrogens is 404 g/mol. The van der Waals surface area contributed by atoms with E-state index in [1.54, 1.807) is 36.4 Å². The van der Waals surface area contributed by atoms with Crippen LogP contribution in [-0.4, -0.2) is 19.5 Å². The van der Waals surface area contributed by atoms with Gasteiger partial charge in [0.15, 0.2) is 5.17 Å². The Bertz CT molecular complexity index is 1160. The Kier molecular flexibility index (Phi) is 5.25. The zero-order valence-corrected chi connectivity index (χ0v) is 17.2. The lowest BCUT2D eigenvalue weighted by atomic mass is 10.1. The summed E-state index contributed by atoms with van der Waals surface area (Å²) in [4.78, 5) is 14.7. The number of carbonyl (C=O) groups is 1. The Morgan fingerprint density at radius 2 is 1.45 bits per heavy atom. The largest absolute Gasteiger partial charge is 0.284 e. The standard InChI is InChI=1S/C22H18N2O3S2/c1-16-12-14-19(15-13-16)29(26,27)23-22-24(18-10-6-3-7-11-18)21(25)20(28-22)17-8-4-2-5-9-17/h2-15,20H,1H3. The van der Waals surface area contributed by atoms with Crippen LogP contribution in [-0.2, 0) is 14.8 Å². The smallest absolute Gasteiger partial charge is 0.272 e. The lowest BCUT2D eigenvalue weighted by Gasteiger charge is -2.16. The van der Waals surface area contributed by atoms with E-state index < -0.39 is 15.3 Å². The molecule has 0 aromatic heterocycles. The third kappa shape index (κ3) is 3.97. The van der Waals surface area contributed by atoms with Gasteiger partial charge in [-0.25, -0.2) is 0 Å². The molecule has 0 saturated carbocycles. The number of hydrogen-bond acceptors (Lipinski definition) is 4. The van der Waals surface area contributed by atoms with Gasteiger partial charge in [-0.05, 0) is 36.8 Å². The fraction of sp³-hybridized carbons (Fsp3) is 0.0909. The first-order chi connectivity index (χ1) is 14.0. The predicted molar refractivity (Wildman–Crippen MR) is 117 cm³/mol. The summed E-state index contributed by atoms with van der Waals surface area (Å²) in [6, 6.07) is 24.8. The summed E-state index contributed by atoms with van der Waals surface area (Å²) in [5.74, 6) is -0.217. The lowest BCUT2D eigenvalue weighted by Crippen LogP contribution is -2.30. The minimum absolute atomic E-state index is 0.0971. The van der Waals surface area contributed by atoms with E-state index in [9.17, 15) is 13.2 Å². The van der Waals surface area contributed by atoms with Crippen LogP contribution in [0.3, 0.4) is 0 Å². The average Bonchev–Trinajstić information content (AvgIpc) is 3.05. The number of sulfonamides is 1. The molecule has 0 N–H and O–H groups in total. The van der Waals surface area contributed by atoms with Crippen molar-refractivity contribution in [3.63, 3.8) is 0 Å². The molecule has 1 heterocycles. The Hall–Kier alpha value is -2.90. The Balaban J connectivity index is 1.79. The normalized spacial score (nSPS) is 18.4. The Morgan fingerprint density at radius 1 is 0.862 bits per heavy atom. The number of rotatable bonds is 4. The van der Waals surface area contributed by atoms with Gasteiger partial charge in [0.05, 0.1) is 10.6 Å². The summed E-state index contributed by atoms with van der Waals surface area (Å²) in [7, 11) is -3.96. The molecular formula is C22H18N2O3S2. The van der Waals surface area contributed by atoms with Crippen molar-refractivity contribution in [3.05, 3.63) is 96.1 Å². The van der Waals surface area contributed by atoms with E-state index in [0.29, 0.717) is 5.69 Å². The quantitative estimate of drug-likeness (QED) is 0.618. The number of thioether (sulfide) groups is 1. The van der Waals surface area contributed by atoms with Crippen LogP contribution in [0.1, 0.15) is 16.4 Å². The summed E-state index contributed by atoms with van der Waals surface area (Å²) in [5.41, 5.74) is 2.35. The summed E-state index contributed by atoms with van der Waals surface area (Å²) in [6.07, 6.45) is 0. The van der Waals surface area contributed by atoms with E-state index in [4.69, 9.17) is 0 Å². The van der Waals surface area contributed by atoms with Crippen LogP contribution in [0.15, 0.2) is 94.2 Å². The molecule has 0 aliphatic carbocycles. The van der Waals surface area contributed by atoms with Gasteiger partial charge in [-0.3, -0.25) is 9.69 Å². The SMILES string of the molecule is Cc1ccc(S(=O)(=O)N=C2SC(c3ccccc3)C(=O)N2c2ccccc2)cc1. The fourth-order valence-electron chi connectivity index (χ4n) is 3.00. The summed E-state index contributed by atoms with van der Waals surface area (Å²) in [5, 5.41) is -0.404. The molecule has 0 spiro atoms. The van der Waals surface area contributed by atoms with Crippen molar-refractivity contribution in [2.75, 3.05) is 4.90 Å². The summed E-state index contributed by atoms with van der Waals surface area (Å²) in [6.45, 7) is 1.88. The zero-order valence-electron chi connectivity index (χ0n) is 15.6. The van der Waals surface area contributed by atoms with Crippen LogP contribution in [0.5, 0.6) is 0 Å². The molecule has 0 bridgehead atoms. The first kappa shape index (κ1) is 19.4. The van der Waals surface area contributed by atoms with Gasteiger partial charge in [0.1, 0.15) is 5.25 Å². The molecule has 3 aromatic carbocycles. The highest BCUT2D eigenvalue weighted by atomic mass is 32.2. The number of benzene rings is 3. The van der Waals surface area contributed by atoms with Crippen molar-refractivity contribution in [3.8, 4) is 0 Å². The topological polar surface area (TPSA) is 66.8 Å². The highest BCUT2D eigenvalue weighted by Crippen LogP contribution is 2.42. The van der Waals surface area contributed by atoms with Crippen molar-refractivity contribution < 1.29 is 13.2 Å². The van der Waals surface area contributed by atoms with Crippen molar-refractivity contribution in [2.24, 2.45) is 4.40 Å². The molecule has 1 amide bonds. The minimum Gasteiger partial charge on any atom is -0.272 e. The molecule has 1 atom stereocenters. The van der Waals surface area contributed by atoms with Gasteiger partial charge in [0.2, 0.25) is 0 Å². The number of nitrogens with zero attached hydrogens (tertiary/aromatic N) is 2. The second-order valence-corrected chi connectivity index (χ2v) is 9.26. The van der Waals surface area contributed by atoms with Gasteiger partial charge in [-0.1, -0.05) is 78.0 Å². The van der Waals surface area contributed by atoms with Crippen LogP contribution >= 0.6 is 11.8 Å². The van der Waals surface area contributed by atoms with E-state index in [1.165, 1.54) is 17.0 Å². The molecule has 29 heavy (non-hydrogen) atoms. The van der Waals surface area contributed by atoms with Gasteiger partial charge in [-0.15, -0.1) is 4.40 Å². The number of amides is 1. The molecule has 5 nitrogen and oxygen atoms in total. The third-order valence-electron chi connectivity index (χ3n) is 4.49. The van der Waals surface area contributed by atoms with E-state index in [-0.39, 0.29) is 16.0 Å². The average molecular weight is 423 g/mol. The van der Waals surface area contributed by atoms with Gasteiger partial charge in [0, 0.05) is 0 Å². The van der Waals surface area contributed by atoms with Gasteiger partial charge >= 0.3 is 0 Å². The molecule has 7 heteroatoms. The summed E-state index contributed by atoms with van der Waals surface area (Å²) >= 11 is 1.15. The molecule has 1 aliphatic rings. The molecule has 1 unspecified atom stereocenters. The second-order valence-electron chi connectivity index (χ2n) is 6.58. The fourth-order valence-corrected chi connectivity index (χ4v) is 5.35. The first-order valence-electron chi connectivity index (χ1n) is 8.98.